The second kappa shape index (κ2) is 4.49. The third-order valence-corrected chi connectivity index (χ3v) is 5.24. The fraction of sp³-hybridized carbons (Fsp3) is 0.417. The van der Waals surface area contributed by atoms with Crippen LogP contribution in [0.25, 0.3) is 0 Å². The molecule has 0 radical (unpaired) electrons. The van der Waals surface area contributed by atoms with Crippen molar-refractivity contribution in [1.29, 1.82) is 0 Å². The van der Waals surface area contributed by atoms with Crippen LogP contribution in [0.15, 0.2) is 24.3 Å². The Morgan fingerprint density at radius 3 is 2.76 bits per heavy atom. The summed E-state index contributed by atoms with van der Waals surface area (Å²) < 4.78 is 23.6. The van der Waals surface area contributed by atoms with Crippen molar-refractivity contribution in [3.63, 3.8) is 0 Å². The van der Waals surface area contributed by atoms with Crippen LogP contribution in [0.2, 0.25) is 0 Å². The molecule has 1 heterocycles. The maximum atomic E-state index is 11.8. The summed E-state index contributed by atoms with van der Waals surface area (Å²) in [6.45, 7) is 0. The molecule has 0 aliphatic carbocycles. The van der Waals surface area contributed by atoms with Gasteiger partial charge in [-0.15, -0.1) is 0 Å². The Morgan fingerprint density at radius 2 is 2.18 bits per heavy atom. The molecule has 4 nitrogen and oxygen atoms in total. The van der Waals surface area contributed by atoms with Gasteiger partial charge < -0.3 is 5.11 Å². The van der Waals surface area contributed by atoms with Crippen molar-refractivity contribution in [2.24, 2.45) is 0 Å². The molecule has 17 heavy (non-hydrogen) atoms. The summed E-state index contributed by atoms with van der Waals surface area (Å²) in [4.78, 5) is 10.6. The molecule has 1 aliphatic heterocycles. The molecule has 1 unspecified atom stereocenters. The van der Waals surface area contributed by atoms with Crippen LogP contribution in [-0.4, -0.2) is 25.2 Å². The molecule has 0 saturated carbocycles. The van der Waals surface area contributed by atoms with Crippen molar-refractivity contribution in [3.05, 3.63) is 35.4 Å². The monoisotopic (exact) mass is 254 g/mol. The van der Waals surface area contributed by atoms with Crippen LogP contribution < -0.4 is 0 Å². The van der Waals surface area contributed by atoms with Gasteiger partial charge in [0.15, 0.2) is 9.84 Å². The standard InChI is InChI=1S/C12H14O4S/c13-12(14)8-9-3-1-4-10(7-9)11-5-2-6-17(11,15)16/h1,3-4,7,11H,2,5-6,8H2,(H,13,14). The SMILES string of the molecule is O=C(O)Cc1cccc(C2CCCS2(=O)=O)c1. The van der Waals surface area contributed by atoms with Gasteiger partial charge in [0, 0.05) is 0 Å². The minimum absolute atomic E-state index is 0.0688. The van der Waals surface area contributed by atoms with E-state index in [1.165, 1.54) is 0 Å². The number of carbonyl (C=O) groups is 1. The van der Waals surface area contributed by atoms with Crippen LogP contribution in [0.3, 0.4) is 0 Å². The number of aliphatic carboxylic acids is 1. The minimum Gasteiger partial charge on any atom is -0.481 e. The zero-order valence-electron chi connectivity index (χ0n) is 9.30. The second-order valence-electron chi connectivity index (χ2n) is 4.31. The minimum atomic E-state index is -3.03. The summed E-state index contributed by atoms with van der Waals surface area (Å²) in [5.74, 6) is -0.669. The summed E-state index contributed by atoms with van der Waals surface area (Å²) in [5, 5.41) is 8.26. The molecule has 0 bridgehead atoms. The highest BCUT2D eigenvalue weighted by atomic mass is 32.2. The van der Waals surface area contributed by atoms with Crippen LogP contribution in [0, 0.1) is 0 Å². The molecule has 0 aromatic heterocycles. The molecule has 0 amide bonds. The first-order chi connectivity index (χ1) is 7.99. The lowest BCUT2D eigenvalue weighted by Crippen LogP contribution is -2.08. The number of sulfone groups is 1. The number of hydrogen-bond donors (Lipinski definition) is 1. The molecule has 5 heteroatoms. The number of rotatable bonds is 3. The molecule has 2 rings (SSSR count). The molecule has 1 atom stereocenters. The average molecular weight is 254 g/mol. The van der Waals surface area contributed by atoms with E-state index in [1.807, 2.05) is 0 Å². The lowest BCUT2D eigenvalue weighted by molar-refractivity contribution is -0.136. The molecular weight excluding hydrogens is 240 g/mol. The van der Waals surface area contributed by atoms with Crippen molar-refractivity contribution in [1.82, 2.24) is 0 Å². The highest BCUT2D eigenvalue weighted by Gasteiger charge is 2.32. The van der Waals surface area contributed by atoms with Gasteiger partial charge in [0.05, 0.1) is 17.4 Å². The molecule has 1 aliphatic rings. The van der Waals surface area contributed by atoms with E-state index in [4.69, 9.17) is 5.11 Å². The van der Waals surface area contributed by atoms with Gasteiger partial charge in [-0.3, -0.25) is 4.79 Å². The predicted octanol–water partition coefficient (Wildman–Crippen LogP) is 1.56. The highest BCUT2D eigenvalue weighted by molar-refractivity contribution is 7.91. The molecule has 92 valence electrons. The lowest BCUT2D eigenvalue weighted by Gasteiger charge is -2.10. The molecule has 1 N–H and O–H groups in total. The van der Waals surface area contributed by atoms with Crippen LogP contribution >= 0.6 is 0 Å². The first-order valence-electron chi connectivity index (χ1n) is 5.51. The zero-order valence-corrected chi connectivity index (χ0v) is 10.1. The summed E-state index contributed by atoms with van der Waals surface area (Å²) in [6.07, 6.45) is 1.26. The first kappa shape index (κ1) is 12.1. The molecule has 1 aromatic carbocycles. The van der Waals surface area contributed by atoms with Gasteiger partial charge >= 0.3 is 5.97 Å². The van der Waals surface area contributed by atoms with Gasteiger partial charge in [0.2, 0.25) is 0 Å². The van der Waals surface area contributed by atoms with E-state index in [2.05, 4.69) is 0 Å². The number of carboxylic acids is 1. The van der Waals surface area contributed by atoms with Crippen LogP contribution in [0.5, 0.6) is 0 Å². The van der Waals surface area contributed by atoms with Crippen molar-refractivity contribution in [2.75, 3.05) is 5.75 Å². The predicted molar refractivity (Wildman–Crippen MR) is 63.5 cm³/mol. The van der Waals surface area contributed by atoms with E-state index in [1.54, 1.807) is 24.3 Å². The summed E-state index contributed by atoms with van der Waals surface area (Å²) in [6, 6.07) is 6.89. The van der Waals surface area contributed by atoms with Gasteiger partial charge in [-0.25, -0.2) is 8.42 Å². The van der Waals surface area contributed by atoms with Gasteiger partial charge in [0.25, 0.3) is 0 Å². The summed E-state index contributed by atoms with van der Waals surface area (Å²) in [5.41, 5.74) is 1.37. The van der Waals surface area contributed by atoms with E-state index in [0.717, 1.165) is 5.56 Å². The highest BCUT2D eigenvalue weighted by Crippen LogP contribution is 2.34. The third-order valence-electron chi connectivity index (χ3n) is 3.01. The quantitative estimate of drug-likeness (QED) is 0.888. The smallest absolute Gasteiger partial charge is 0.307 e. The Bertz CT molecular complexity index is 533. The fourth-order valence-electron chi connectivity index (χ4n) is 2.24. The van der Waals surface area contributed by atoms with E-state index in [0.29, 0.717) is 18.4 Å². The summed E-state index contributed by atoms with van der Waals surface area (Å²) >= 11 is 0. The number of benzene rings is 1. The molecule has 1 fully saturated rings. The Labute approximate surface area is 100 Å². The molecular formula is C12H14O4S. The van der Waals surface area contributed by atoms with E-state index < -0.39 is 21.1 Å². The van der Waals surface area contributed by atoms with Crippen molar-refractivity contribution >= 4 is 15.8 Å². The number of hydrogen-bond acceptors (Lipinski definition) is 3. The molecule has 1 aromatic rings. The Kier molecular flexibility index (Phi) is 3.19. The van der Waals surface area contributed by atoms with Gasteiger partial charge in [-0.05, 0) is 24.0 Å². The van der Waals surface area contributed by atoms with Crippen molar-refractivity contribution in [3.8, 4) is 0 Å². The maximum Gasteiger partial charge on any atom is 0.307 e. The normalized spacial score (nSPS) is 22.5. The zero-order chi connectivity index (χ0) is 12.5. The van der Waals surface area contributed by atoms with E-state index >= 15 is 0 Å². The van der Waals surface area contributed by atoms with Gasteiger partial charge in [-0.2, -0.15) is 0 Å². The average Bonchev–Trinajstić information content (AvgIpc) is 2.57. The van der Waals surface area contributed by atoms with Gasteiger partial charge in [0.1, 0.15) is 0 Å². The lowest BCUT2D eigenvalue weighted by atomic mass is 10.0. The molecule has 0 spiro atoms. The number of carboxylic acid groups (broad SMARTS) is 1. The van der Waals surface area contributed by atoms with E-state index in [-0.39, 0.29) is 12.2 Å². The van der Waals surface area contributed by atoms with E-state index in [9.17, 15) is 13.2 Å². The Hall–Kier alpha value is -1.36. The van der Waals surface area contributed by atoms with Gasteiger partial charge in [-0.1, -0.05) is 24.3 Å². The van der Waals surface area contributed by atoms with Crippen LogP contribution in [0.1, 0.15) is 29.2 Å². The maximum absolute atomic E-state index is 11.8. The van der Waals surface area contributed by atoms with Crippen molar-refractivity contribution < 1.29 is 18.3 Å². The fourth-order valence-corrected chi connectivity index (χ4v) is 4.18. The second-order valence-corrected chi connectivity index (χ2v) is 6.62. The Balaban J connectivity index is 2.30. The van der Waals surface area contributed by atoms with Crippen molar-refractivity contribution in [2.45, 2.75) is 24.5 Å². The Morgan fingerprint density at radius 1 is 1.41 bits per heavy atom. The first-order valence-corrected chi connectivity index (χ1v) is 7.23. The largest absolute Gasteiger partial charge is 0.481 e. The summed E-state index contributed by atoms with van der Waals surface area (Å²) in [7, 11) is -3.03. The van der Waals surface area contributed by atoms with Crippen LogP contribution in [0.4, 0.5) is 0 Å². The third kappa shape index (κ3) is 2.66. The van der Waals surface area contributed by atoms with Crippen LogP contribution in [-0.2, 0) is 21.1 Å². The topological polar surface area (TPSA) is 71.4 Å². The molecule has 1 saturated heterocycles.